The van der Waals surface area contributed by atoms with Crippen molar-refractivity contribution in [2.24, 2.45) is 10.7 Å². The Labute approximate surface area is 70.0 Å². The molecule has 0 bridgehead atoms. The van der Waals surface area contributed by atoms with Crippen LogP contribution in [0.25, 0.3) is 0 Å². The fourth-order valence-corrected chi connectivity index (χ4v) is 2.77. The van der Waals surface area contributed by atoms with Crippen LogP contribution in [0.15, 0.2) is 4.99 Å². The van der Waals surface area contributed by atoms with Crippen molar-refractivity contribution in [3.8, 4) is 0 Å². The van der Waals surface area contributed by atoms with Crippen LogP contribution in [0, 0.1) is 0 Å². The summed E-state index contributed by atoms with van der Waals surface area (Å²) in [5, 5.41) is 0.518. The van der Waals surface area contributed by atoms with Gasteiger partial charge < -0.3 is 5.73 Å². The summed E-state index contributed by atoms with van der Waals surface area (Å²) in [6, 6.07) is 0. The molecule has 1 heterocycles. The van der Waals surface area contributed by atoms with Crippen molar-refractivity contribution in [2.75, 3.05) is 18.8 Å². The Morgan fingerprint density at radius 2 is 2.70 bits per heavy atom. The van der Waals surface area contributed by atoms with Crippen molar-refractivity contribution in [3.63, 3.8) is 0 Å². The van der Waals surface area contributed by atoms with Gasteiger partial charge in [-0.2, -0.15) is 0 Å². The van der Waals surface area contributed by atoms with Crippen LogP contribution < -0.4 is 5.73 Å². The molecule has 0 radical (unpaired) electrons. The van der Waals surface area contributed by atoms with Crippen LogP contribution in [0.1, 0.15) is 6.92 Å². The average molecular weight is 176 g/mol. The van der Waals surface area contributed by atoms with Gasteiger partial charge in [-0.1, -0.05) is 30.4 Å². The Bertz CT molecular complexity index is 136. The van der Waals surface area contributed by atoms with E-state index in [2.05, 4.69) is 11.9 Å². The lowest BCUT2D eigenvalue weighted by molar-refractivity contribution is 0.957. The predicted octanol–water partition coefficient (Wildman–Crippen LogP) is 1.17. The average Bonchev–Trinajstić information content (AvgIpc) is 2.40. The predicted molar refractivity (Wildman–Crippen MR) is 50.9 cm³/mol. The molecule has 4 heteroatoms. The van der Waals surface area contributed by atoms with Gasteiger partial charge in [-0.25, -0.2) is 0 Å². The van der Waals surface area contributed by atoms with E-state index in [4.69, 9.17) is 5.73 Å². The molecule has 0 amide bonds. The molecule has 10 heavy (non-hydrogen) atoms. The first kappa shape index (κ1) is 8.43. The standard InChI is InChI=1S/C6H12N2S2/c1-5(4-7)10-6-8-2-3-9-6/h5H,2-4,7H2,1H3. The van der Waals surface area contributed by atoms with Gasteiger partial charge in [0.2, 0.25) is 0 Å². The molecule has 1 atom stereocenters. The second kappa shape index (κ2) is 4.26. The summed E-state index contributed by atoms with van der Waals surface area (Å²) in [5.41, 5.74) is 5.47. The van der Waals surface area contributed by atoms with E-state index in [1.165, 1.54) is 4.38 Å². The normalized spacial score (nSPS) is 20.8. The van der Waals surface area contributed by atoms with Crippen LogP contribution in [0.3, 0.4) is 0 Å². The highest BCUT2D eigenvalue weighted by atomic mass is 32.2. The third-order valence-electron chi connectivity index (χ3n) is 1.19. The van der Waals surface area contributed by atoms with Gasteiger partial charge in [0.05, 0.1) is 6.54 Å². The van der Waals surface area contributed by atoms with E-state index in [1.54, 1.807) is 11.8 Å². The van der Waals surface area contributed by atoms with E-state index in [0.717, 1.165) is 18.8 Å². The molecule has 0 aromatic carbocycles. The van der Waals surface area contributed by atoms with Crippen LogP contribution >= 0.6 is 23.5 Å². The zero-order valence-corrected chi connectivity index (χ0v) is 7.67. The van der Waals surface area contributed by atoms with Crippen molar-refractivity contribution in [3.05, 3.63) is 0 Å². The molecule has 1 rings (SSSR count). The highest BCUT2D eigenvalue weighted by Crippen LogP contribution is 2.24. The first-order valence-electron chi connectivity index (χ1n) is 3.37. The molecule has 2 N–H and O–H groups in total. The van der Waals surface area contributed by atoms with Gasteiger partial charge in [0.15, 0.2) is 0 Å². The number of aliphatic imine (C=N–C) groups is 1. The second-order valence-electron chi connectivity index (χ2n) is 2.16. The number of hydrogen-bond donors (Lipinski definition) is 1. The lowest BCUT2D eigenvalue weighted by Crippen LogP contribution is -2.13. The van der Waals surface area contributed by atoms with Gasteiger partial charge in [-0.3, -0.25) is 4.99 Å². The summed E-state index contributed by atoms with van der Waals surface area (Å²) in [5.74, 6) is 1.15. The lowest BCUT2D eigenvalue weighted by atomic mass is 10.5. The van der Waals surface area contributed by atoms with E-state index in [9.17, 15) is 0 Å². The van der Waals surface area contributed by atoms with Crippen molar-refractivity contribution in [1.29, 1.82) is 0 Å². The molecule has 58 valence electrons. The molecular weight excluding hydrogens is 164 g/mol. The Kier molecular flexibility index (Phi) is 3.59. The molecule has 1 unspecified atom stereocenters. The molecule has 0 saturated carbocycles. The van der Waals surface area contributed by atoms with E-state index in [-0.39, 0.29) is 0 Å². The SMILES string of the molecule is CC(CN)SC1=NCCS1. The zero-order valence-electron chi connectivity index (χ0n) is 6.04. The fourth-order valence-electron chi connectivity index (χ4n) is 0.607. The summed E-state index contributed by atoms with van der Waals surface area (Å²) >= 11 is 3.64. The minimum Gasteiger partial charge on any atom is -0.329 e. The van der Waals surface area contributed by atoms with Crippen LogP contribution in [0.4, 0.5) is 0 Å². The smallest absolute Gasteiger partial charge is 0.124 e. The van der Waals surface area contributed by atoms with Crippen molar-refractivity contribution in [1.82, 2.24) is 0 Å². The molecule has 0 aromatic rings. The monoisotopic (exact) mass is 176 g/mol. The Balaban J connectivity index is 2.23. The van der Waals surface area contributed by atoms with Gasteiger partial charge in [0.25, 0.3) is 0 Å². The third kappa shape index (κ3) is 2.52. The molecule has 0 spiro atoms. The highest BCUT2D eigenvalue weighted by Gasteiger charge is 2.10. The molecule has 1 aliphatic rings. The topological polar surface area (TPSA) is 38.4 Å². The number of nitrogens with zero attached hydrogens (tertiary/aromatic N) is 1. The second-order valence-corrected chi connectivity index (χ2v) is 4.93. The maximum atomic E-state index is 5.47. The van der Waals surface area contributed by atoms with E-state index in [0.29, 0.717) is 5.25 Å². The minimum absolute atomic E-state index is 0.518. The summed E-state index contributed by atoms with van der Waals surface area (Å²) in [4.78, 5) is 4.31. The number of nitrogens with two attached hydrogens (primary N) is 1. The van der Waals surface area contributed by atoms with Crippen LogP contribution in [-0.4, -0.2) is 28.5 Å². The van der Waals surface area contributed by atoms with E-state index in [1.807, 2.05) is 11.8 Å². The lowest BCUT2D eigenvalue weighted by Gasteiger charge is -2.05. The van der Waals surface area contributed by atoms with Gasteiger partial charge in [-0.05, 0) is 0 Å². The first-order chi connectivity index (χ1) is 4.83. The van der Waals surface area contributed by atoms with Crippen molar-refractivity contribution in [2.45, 2.75) is 12.2 Å². The van der Waals surface area contributed by atoms with Crippen LogP contribution in [0.5, 0.6) is 0 Å². The van der Waals surface area contributed by atoms with Crippen LogP contribution in [0.2, 0.25) is 0 Å². The fraction of sp³-hybridized carbons (Fsp3) is 0.833. The van der Waals surface area contributed by atoms with Crippen molar-refractivity contribution < 1.29 is 0 Å². The van der Waals surface area contributed by atoms with Gasteiger partial charge >= 0.3 is 0 Å². The van der Waals surface area contributed by atoms with Crippen LogP contribution in [-0.2, 0) is 0 Å². The molecule has 0 fully saturated rings. The number of thioether (sulfide) groups is 2. The van der Waals surface area contributed by atoms with Crippen molar-refractivity contribution >= 4 is 27.9 Å². The summed E-state index contributed by atoms with van der Waals surface area (Å²) in [6.45, 7) is 3.86. The quantitative estimate of drug-likeness (QED) is 0.686. The Hall–Kier alpha value is 0.330. The van der Waals surface area contributed by atoms with Gasteiger partial charge in [0, 0.05) is 17.5 Å². The van der Waals surface area contributed by atoms with Gasteiger partial charge in [0.1, 0.15) is 4.38 Å². The molecule has 0 aliphatic carbocycles. The Morgan fingerprint density at radius 1 is 1.90 bits per heavy atom. The number of hydrogen-bond acceptors (Lipinski definition) is 4. The summed E-state index contributed by atoms with van der Waals surface area (Å²) in [7, 11) is 0. The summed E-state index contributed by atoms with van der Waals surface area (Å²) in [6.07, 6.45) is 0. The largest absolute Gasteiger partial charge is 0.329 e. The highest BCUT2D eigenvalue weighted by molar-refractivity contribution is 8.39. The van der Waals surface area contributed by atoms with E-state index < -0.39 is 0 Å². The van der Waals surface area contributed by atoms with E-state index >= 15 is 0 Å². The minimum atomic E-state index is 0.518. The van der Waals surface area contributed by atoms with Gasteiger partial charge in [-0.15, -0.1) is 0 Å². The molecule has 0 saturated heterocycles. The zero-order chi connectivity index (χ0) is 7.40. The maximum Gasteiger partial charge on any atom is 0.124 e. The Morgan fingerprint density at radius 3 is 3.20 bits per heavy atom. The molecule has 2 nitrogen and oxygen atoms in total. The third-order valence-corrected chi connectivity index (χ3v) is 3.52. The molecule has 0 aromatic heterocycles. The number of rotatable bonds is 2. The first-order valence-corrected chi connectivity index (χ1v) is 5.23. The summed E-state index contributed by atoms with van der Waals surface area (Å²) < 4.78 is 1.22. The molecule has 1 aliphatic heterocycles. The molecular formula is C6H12N2S2. The maximum absolute atomic E-state index is 5.47.